The molecule has 1 fully saturated rings. The number of guanidine groups is 1. The molecule has 0 atom stereocenters. The average Bonchev–Trinajstić information content (AvgIpc) is 3.24. The fraction of sp³-hybridized carbons (Fsp3) is 0.400. The first kappa shape index (κ1) is 22.1. The summed E-state index contributed by atoms with van der Waals surface area (Å²) in [6, 6.07) is 11.4. The van der Waals surface area contributed by atoms with E-state index in [1.807, 2.05) is 29.2 Å². The van der Waals surface area contributed by atoms with E-state index in [9.17, 15) is 4.79 Å². The lowest BCUT2D eigenvalue weighted by Gasteiger charge is -2.36. The second-order valence-electron chi connectivity index (χ2n) is 6.39. The van der Waals surface area contributed by atoms with Crippen LogP contribution >= 0.6 is 24.0 Å². The van der Waals surface area contributed by atoms with Gasteiger partial charge >= 0.3 is 0 Å². The maximum atomic E-state index is 12.3. The standard InChI is InChI=1S/C20H26N4O3.HI/c1-16-5-7-17(8-6-16)26-15-9-22-20(21-2)24-12-10-23(11-13-24)19(25)18-4-3-14-27-18;/h3-8,14H,9-13,15H2,1-2H3,(H,21,22);1H. The van der Waals surface area contributed by atoms with Crippen LogP contribution in [-0.2, 0) is 0 Å². The summed E-state index contributed by atoms with van der Waals surface area (Å²) in [5.41, 5.74) is 1.21. The zero-order valence-corrected chi connectivity index (χ0v) is 18.6. The summed E-state index contributed by atoms with van der Waals surface area (Å²) in [6.45, 7) is 6.00. The molecule has 0 unspecified atom stereocenters. The third kappa shape index (κ3) is 5.88. The van der Waals surface area contributed by atoms with E-state index in [1.165, 1.54) is 11.8 Å². The number of hydrogen-bond donors (Lipinski definition) is 1. The number of piperazine rings is 1. The van der Waals surface area contributed by atoms with Crippen molar-refractivity contribution in [2.24, 2.45) is 4.99 Å². The normalized spacial score (nSPS) is 14.4. The molecule has 0 saturated carbocycles. The van der Waals surface area contributed by atoms with Gasteiger partial charge in [0.1, 0.15) is 12.4 Å². The fourth-order valence-electron chi connectivity index (χ4n) is 2.98. The Morgan fingerprint density at radius 2 is 1.82 bits per heavy atom. The summed E-state index contributed by atoms with van der Waals surface area (Å²) in [6.07, 6.45) is 1.52. The first-order valence-electron chi connectivity index (χ1n) is 9.15. The van der Waals surface area contributed by atoms with Crippen molar-refractivity contribution in [1.82, 2.24) is 15.1 Å². The monoisotopic (exact) mass is 498 g/mol. The van der Waals surface area contributed by atoms with E-state index in [0.717, 1.165) is 24.8 Å². The number of rotatable bonds is 5. The smallest absolute Gasteiger partial charge is 0.289 e. The van der Waals surface area contributed by atoms with Crippen molar-refractivity contribution in [1.29, 1.82) is 0 Å². The summed E-state index contributed by atoms with van der Waals surface area (Å²) in [7, 11) is 1.77. The van der Waals surface area contributed by atoms with Crippen LogP contribution < -0.4 is 10.1 Å². The zero-order valence-electron chi connectivity index (χ0n) is 16.3. The predicted molar refractivity (Wildman–Crippen MR) is 120 cm³/mol. The van der Waals surface area contributed by atoms with Gasteiger partial charge in [-0.3, -0.25) is 9.79 Å². The zero-order chi connectivity index (χ0) is 19.1. The highest BCUT2D eigenvalue weighted by Crippen LogP contribution is 2.11. The molecule has 152 valence electrons. The molecular weight excluding hydrogens is 471 g/mol. The first-order valence-corrected chi connectivity index (χ1v) is 9.15. The van der Waals surface area contributed by atoms with Crippen LogP contribution in [0.15, 0.2) is 52.1 Å². The van der Waals surface area contributed by atoms with Crippen LogP contribution in [0, 0.1) is 6.92 Å². The van der Waals surface area contributed by atoms with Crippen molar-refractivity contribution in [3.8, 4) is 5.75 Å². The number of aliphatic imine (C=N–C) groups is 1. The molecule has 1 amide bonds. The van der Waals surface area contributed by atoms with Crippen molar-refractivity contribution >= 4 is 35.8 Å². The molecule has 1 aliphatic rings. The van der Waals surface area contributed by atoms with E-state index in [0.29, 0.717) is 32.0 Å². The maximum Gasteiger partial charge on any atom is 0.289 e. The van der Waals surface area contributed by atoms with Crippen molar-refractivity contribution in [3.05, 3.63) is 54.0 Å². The van der Waals surface area contributed by atoms with E-state index in [1.54, 1.807) is 19.2 Å². The topological polar surface area (TPSA) is 70.3 Å². The first-order chi connectivity index (χ1) is 13.2. The summed E-state index contributed by atoms with van der Waals surface area (Å²) in [5.74, 6) is 2.02. The molecule has 1 saturated heterocycles. The Morgan fingerprint density at radius 3 is 2.43 bits per heavy atom. The summed E-state index contributed by atoms with van der Waals surface area (Å²) in [5, 5.41) is 3.32. The number of nitrogens with one attached hydrogen (secondary N) is 1. The Labute approximate surface area is 182 Å². The molecule has 0 radical (unpaired) electrons. The number of ether oxygens (including phenoxy) is 1. The van der Waals surface area contributed by atoms with Crippen molar-refractivity contribution < 1.29 is 13.9 Å². The van der Waals surface area contributed by atoms with Crippen LogP contribution in [0.1, 0.15) is 16.1 Å². The number of amides is 1. The summed E-state index contributed by atoms with van der Waals surface area (Å²) < 4.78 is 10.9. The maximum absolute atomic E-state index is 12.3. The number of carbonyl (C=O) groups excluding carboxylic acids is 1. The highest BCUT2D eigenvalue weighted by atomic mass is 127. The van der Waals surface area contributed by atoms with Crippen molar-refractivity contribution in [2.45, 2.75) is 6.92 Å². The Balaban J connectivity index is 0.00000280. The number of aryl methyl sites for hydroxylation is 1. The minimum absolute atomic E-state index is 0. The van der Waals surface area contributed by atoms with E-state index in [4.69, 9.17) is 9.15 Å². The third-order valence-electron chi connectivity index (χ3n) is 4.49. The molecule has 1 aromatic carbocycles. The third-order valence-corrected chi connectivity index (χ3v) is 4.49. The van der Waals surface area contributed by atoms with Gasteiger partial charge in [-0.2, -0.15) is 0 Å². The molecule has 0 spiro atoms. The number of halogens is 1. The number of benzene rings is 1. The number of nitrogens with zero attached hydrogens (tertiary/aromatic N) is 3. The quantitative estimate of drug-likeness (QED) is 0.297. The lowest BCUT2D eigenvalue weighted by molar-refractivity contribution is 0.0657. The molecule has 3 rings (SSSR count). The minimum Gasteiger partial charge on any atom is -0.492 e. The van der Waals surface area contributed by atoms with Crippen LogP contribution in [0.5, 0.6) is 5.75 Å². The fourth-order valence-corrected chi connectivity index (χ4v) is 2.98. The molecule has 1 N–H and O–H groups in total. The molecule has 2 aromatic rings. The van der Waals surface area contributed by atoms with Gasteiger partial charge in [-0.25, -0.2) is 0 Å². The van der Waals surface area contributed by atoms with Gasteiger partial charge in [-0.1, -0.05) is 17.7 Å². The van der Waals surface area contributed by atoms with Gasteiger partial charge in [0.15, 0.2) is 11.7 Å². The Morgan fingerprint density at radius 1 is 1.14 bits per heavy atom. The molecule has 1 aromatic heterocycles. The molecule has 8 heteroatoms. The Bertz CT molecular complexity index is 754. The average molecular weight is 498 g/mol. The predicted octanol–water partition coefficient (Wildman–Crippen LogP) is 2.62. The largest absolute Gasteiger partial charge is 0.492 e. The van der Waals surface area contributed by atoms with E-state index in [2.05, 4.69) is 22.1 Å². The van der Waals surface area contributed by atoms with Gasteiger partial charge in [0, 0.05) is 33.2 Å². The Kier molecular flexibility index (Phi) is 8.62. The SMILES string of the molecule is CN=C(NCCOc1ccc(C)cc1)N1CCN(C(=O)c2ccco2)CC1.I. The van der Waals surface area contributed by atoms with Gasteiger partial charge < -0.3 is 24.3 Å². The van der Waals surface area contributed by atoms with Gasteiger partial charge in [0.05, 0.1) is 12.8 Å². The van der Waals surface area contributed by atoms with Crippen LogP contribution in [0.25, 0.3) is 0 Å². The van der Waals surface area contributed by atoms with Gasteiger partial charge in [-0.05, 0) is 31.2 Å². The van der Waals surface area contributed by atoms with Crippen LogP contribution in [-0.4, -0.2) is 68.0 Å². The van der Waals surface area contributed by atoms with Gasteiger partial charge in [-0.15, -0.1) is 24.0 Å². The van der Waals surface area contributed by atoms with Crippen molar-refractivity contribution in [3.63, 3.8) is 0 Å². The number of hydrogen-bond acceptors (Lipinski definition) is 4. The lowest BCUT2D eigenvalue weighted by atomic mass is 10.2. The molecule has 0 bridgehead atoms. The molecule has 7 nitrogen and oxygen atoms in total. The second kappa shape index (κ2) is 10.9. The van der Waals surface area contributed by atoms with E-state index in [-0.39, 0.29) is 29.9 Å². The van der Waals surface area contributed by atoms with Crippen LogP contribution in [0.4, 0.5) is 0 Å². The molecule has 28 heavy (non-hydrogen) atoms. The summed E-state index contributed by atoms with van der Waals surface area (Å²) >= 11 is 0. The van der Waals surface area contributed by atoms with Crippen LogP contribution in [0.2, 0.25) is 0 Å². The number of furan rings is 1. The van der Waals surface area contributed by atoms with E-state index >= 15 is 0 Å². The van der Waals surface area contributed by atoms with Crippen LogP contribution in [0.3, 0.4) is 0 Å². The van der Waals surface area contributed by atoms with Gasteiger partial charge in [0.25, 0.3) is 5.91 Å². The van der Waals surface area contributed by atoms with E-state index < -0.39 is 0 Å². The van der Waals surface area contributed by atoms with Crippen molar-refractivity contribution in [2.75, 3.05) is 46.4 Å². The molecule has 0 aliphatic carbocycles. The molecule has 2 heterocycles. The lowest BCUT2D eigenvalue weighted by Crippen LogP contribution is -2.54. The highest BCUT2D eigenvalue weighted by Gasteiger charge is 2.24. The van der Waals surface area contributed by atoms with Gasteiger partial charge in [0.2, 0.25) is 0 Å². The number of carbonyl (C=O) groups is 1. The Hall–Kier alpha value is -2.23. The second-order valence-corrected chi connectivity index (χ2v) is 6.39. The highest BCUT2D eigenvalue weighted by molar-refractivity contribution is 14.0. The summed E-state index contributed by atoms with van der Waals surface area (Å²) in [4.78, 5) is 20.6. The molecular formula is C20H27IN4O3. The minimum atomic E-state index is -0.0610. The molecule has 1 aliphatic heterocycles.